The summed E-state index contributed by atoms with van der Waals surface area (Å²) in [4.78, 5) is 5.31. The molecule has 0 aliphatic rings. The van der Waals surface area contributed by atoms with Gasteiger partial charge >= 0.3 is 0 Å². The summed E-state index contributed by atoms with van der Waals surface area (Å²) >= 11 is 1.45. The second-order valence-electron chi connectivity index (χ2n) is 6.17. The van der Waals surface area contributed by atoms with Crippen LogP contribution in [0.1, 0.15) is 5.69 Å². The molecule has 0 spiro atoms. The molecule has 0 unspecified atom stereocenters. The number of imidazole rings is 1. The van der Waals surface area contributed by atoms with Crippen molar-refractivity contribution in [1.82, 2.24) is 29.2 Å². The first-order chi connectivity index (χ1) is 13.7. The molecule has 5 aromatic rings. The molecule has 140 valence electrons. The Bertz CT molecular complexity index is 1320. The van der Waals surface area contributed by atoms with E-state index in [9.17, 15) is 0 Å². The number of hydrogen-bond donors (Lipinski definition) is 0. The maximum Gasteiger partial charge on any atom is 0.235 e. The number of hydrogen-bond acceptors (Lipinski definition) is 7. The van der Waals surface area contributed by atoms with E-state index < -0.39 is 0 Å². The zero-order chi connectivity index (χ0) is 19.3. The lowest BCUT2D eigenvalue weighted by molar-refractivity contribution is 0.395. The van der Waals surface area contributed by atoms with E-state index in [1.807, 2.05) is 53.9 Å². The highest BCUT2D eigenvalue weighted by Crippen LogP contribution is 2.36. The monoisotopic (exact) mass is 392 g/mol. The standard InChI is InChI=1S/C19H16N6O2S/c1-11-16(24-9-5-4-6-15(24)20-11)17-21-22-19-25(17)23-18(28-19)13-8-7-12(26-2)10-14(13)27-3/h4-10H,1-3H3. The molecule has 0 amide bonds. The number of rotatable bonds is 4. The van der Waals surface area contributed by atoms with Crippen LogP contribution in [0.3, 0.4) is 0 Å². The number of ether oxygens (including phenoxy) is 2. The average Bonchev–Trinajstić information content (AvgIpc) is 3.39. The molecule has 0 radical (unpaired) electrons. The van der Waals surface area contributed by atoms with Gasteiger partial charge in [0.25, 0.3) is 0 Å². The Hall–Kier alpha value is -3.46. The van der Waals surface area contributed by atoms with Gasteiger partial charge in [0.05, 0.1) is 25.5 Å². The molecule has 1 aromatic carbocycles. The van der Waals surface area contributed by atoms with Crippen LogP contribution in [-0.4, -0.2) is 43.4 Å². The Balaban J connectivity index is 1.69. The molecule has 0 bridgehead atoms. The molecule has 4 aromatic heterocycles. The van der Waals surface area contributed by atoms with Gasteiger partial charge in [-0.2, -0.15) is 9.61 Å². The maximum atomic E-state index is 5.52. The molecule has 0 aliphatic carbocycles. The predicted octanol–water partition coefficient (Wildman–Crippen LogP) is 3.49. The van der Waals surface area contributed by atoms with Crippen LogP contribution in [0.4, 0.5) is 0 Å². The van der Waals surface area contributed by atoms with Crippen LogP contribution in [0.2, 0.25) is 0 Å². The van der Waals surface area contributed by atoms with E-state index in [0.717, 1.165) is 33.4 Å². The van der Waals surface area contributed by atoms with Crippen molar-refractivity contribution >= 4 is 21.9 Å². The molecule has 5 rings (SSSR count). The molecule has 0 N–H and O–H groups in total. The minimum atomic E-state index is 0.654. The number of nitrogens with zero attached hydrogens (tertiary/aromatic N) is 6. The summed E-state index contributed by atoms with van der Waals surface area (Å²) in [5, 5.41) is 14.2. The van der Waals surface area contributed by atoms with E-state index in [4.69, 9.17) is 14.6 Å². The summed E-state index contributed by atoms with van der Waals surface area (Å²) in [6.07, 6.45) is 1.96. The van der Waals surface area contributed by atoms with Gasteiger partial charge in [-0.25, -0.2) is 4.98 Å². The van der Waals surface area contributed by atoms with Crippen LogP contribution in [0.5, 0.6) is 11.5 Å². The second kappa shape index (κ2) is 6.31. The Morgan fingerprint density at radius 3 is 2.75 bits per heavy atom. The topological polar surface area (TPSA) is 78.8 Å². The maximum absolute atomic E-state index is 5.52. The lowest BCUT2D eigenvalue weighted by atomic mass is 10.2. The Morgan fingerprint density at radius 2 is 1.93 bits per heavy atom. The molecule has 28 heavy (non-hydrogen) atoms. The van der Waals surface area contributed by atoms with Crippen LogP contribution >= 0.6 is 11.3 Å². The quantitative estimate of drug-likeness (QED) is 0.466. The van der Waals surface area contributed by atoms with E-state index in [0.29, 0.717) is 16.5 Å². The van der Waals surface area contributed by atoms with Crippen LogP contribution in [0, 0.1) is 6.92 Å². The fourth-order valence-corrected chi connectivity index (χ4v) is 4.10. The van der Waals surface area contributed by atoms with E-state index in [2.05, 4.69) is 15.2 Å². The first kappa shape index (κ1) is 16.7. The average molecular weight is 392 g/mol. The van der Waals surface area contributed by atoms with Gasteiger partial charge in [-0.3, -0.25) is 4.40 Å². The number of fused-ring (bicyclic) bond motifs is 2. The molecule has 0 aliphatic heterocycles. The van der Waals surface area contributed by atoms with Crippen LogP contribution in [0.15, 0.2) is 42.6 Å². The first-order valence-corrected chi connectivity index (χ1v) is 9.40. The number of aryl methyl sites for hydroxylation is 1. The van der Waals surface area contributed by atoms with Gasteiger partial charge < -0.3 is 9.47 Å². The SMILES string of the molecule is COc1ccc(-c2nn3c(-c4c(C)nc5ccccn45)nnc3s2)c(OC)c1. The van der Waals surface area contributed by atoms with E-state index in [1.165, 1.54) is 11.3 Å². The zero-order valence-electron chi connectivity index (χ0n) is 15.4. The highest BCUT2D eigenvalue weighted by Gasteiger charge is 2.21. The molecule has 0 atom stereocenters. The predicted molar refractivity (Wildman–Crippen MR) is 106 cm³/mol. The Kier molecular flexibility index (Phi) is 3.76. The van der Waals surface area contributed by atoms with E-state index in [-0.39, 0.29) is 0 Å². The molecule has 8 nitrogen and oxygen atoms in total. The van der Waals surface area contributed by atoms with Gasteiger partial charge in [-0.15, -0.1) is 10.2 Å². The number of benzene rings is 1. The largest absolute Gasteiger partial charge is 0.497 e. The van der Waals surface area contributed by atoms with Gasteiger partial charge in [0.2, 0.25) is 10.8 Å². The Labute approximate surface area is 164 Å². The summed E-state index contributed by atoms with van der Waals surface area (Å²) in [6.45, 7) is 1.96. The van der Waals surface area contributed by atoms with E-state index in [1.54, 1.807) is 18.7 Å². The highest BCUT2D eigenvalue weighted by molar-refractivity contribution is 7.19. The van der Waals surface area contributed by atoms with Crippen molar-refractivity contribution in [3.8, 4) is 33.6 Å². The van der Waals surface area contributed by atoms with Gasteiger partial charge in [0.1, 0.15) is 22.8 Å². The van der Waals surface area contributed by atoms with Gasteiger partial charge in [-0.1, -0.05) is 17.4 Å². The van der Waals surface area contributed by atoms with E-state index >= 15 is 0 Å². The number of methoxy groups -OCH3 is 2. The van der Waals surface area contributed by atoms with Crippen LogP contribution in [0.25, 0.3) is 32.7 Å². The molecule has 0 fully saturated rings. The highest BCUT2D eigenvalue weighted by atomic mass is 32.1. The normalized spacial score (nSPS) is 11.4. The van der Waals surface area contributed by atoms with Crippen LogP contribution in [-0.2, 0) is 0 Å². The van der Waals surface area contributed by atoms with Crippen molar-refractivity contribution < 1.29 is 9.47 Å². The van der Waals surface area contributed by atoms with Crippen molar-refractivity contribution in [3.05, 3.63) is 48.3 Å². The minimum Gasteiger partial charge on any atom is -0.497 e. The molecule has 4 heterocycles. The van der Waals surface area contributed by atoms with Gasteiger partial charge in [-0.05, 0) is 31.2 Å². The van der Waals surface area contributed by atoms with Crippen LogP contribution < -0.4 is 9.47 Å². The van der Waals surface area contributed by atoms with Crippen molar-refractivity contribution in [3.63, 3.8) is 0 Å². The molecular weight excluding hydrogens is 376 g/mol. The summed E-state index contributed by atoms with van der Waals surface area (Å²) in [5.41, 5.74) is 3.48. The molecule has 9 heteroatoms. The van der Waals surface area contributed by atoms with Crippen molar-refractivity contribution in [2.24, 2.45) is 0 Å². The minimum absolute atomic E-state index is 0.654. The van der Waals surface area contributed by atoms with Gasteiger partial charge in [0.15, 0.2) is 5.01 Å². The summed E-state index contributed by atoms with van der Waals surface area (Å²) in [5.74, 6) is 2.07. The van der Waals surface area contributed by atoms with Crippen molar-refractivity contribution in [2.45, 2.75) is 6.92 Å². The number of pyridine rings is 1. The third-order valence-corrected chi connectivity index (χ3v) is 5.48. The summed E-state index contributed by atoms with van der Waals surface area (Å²) in [7, 11) is 3.26. The Morgan fingerprint density at radius 1 is 1.04 bits per heavy atom. The first-order valence-electron chi connectivity index (χ1n) is 8.58. The van der Waals surface area contributed by atoms with Crippen molar-refractivity contribution in [2.75, 3.05) is 14.2 Å². The van der Waals surface area contributed by atoms with Gasteiger partial charge in [0, 0.05) is 12.3 Å². The number of aromatic nitrogens is 6. The summed E-state index contributed by atoms with van der Waals surface area (Å²) in [6, 6.07) is 11.5. The third-order valence-electron chi connectivity index (χ3n) is 4.55. The fraction of sp³-hybridized carbons (Fsp3) is 0.158. The fourth-order valence-electron chi connectivity index (χ4n) is 3.23. The molecule has 0 saturated carbocycles. The lowest BCUT2D eigenvalue weighted by Gasteiger charge is -2.07. The smallest absolute Gasteiger partial charge is 0.235 e. The van der Waals surface area contributed by atoms with Crippen molar-refractivity contribution in [1.29, 1.82) is 0 Å². The third kappa shape index (κ3) is 2.43. The zero-order valence-corrected chi connectivity index (χ0v) is 16.3. The molecular formula is C19H16N6O2S. The summed E-state index contributed by atoms with van der Waals surface area (Å²) < 4.78 is 14.6. The lowest BCUT2D eigenvalue weighted by Crippen LogP contribution is -1.96. The second-order valence-corrected chi connectivity index (χ2v) is 7.12. The molecule has 0 saturated heterocycles.